The van der Waals surface area contributed by atoms with Crippen molar-refractivity contribution in [3.8, 4) is 5.75 Å². The molecule has 0 bridgehead atoms. The molecule has 3 aromatic heterocycles. The highest BCUT2D eigenvalue weighted by molar-refractivity contribution is 7.18. The zero-order chi connectivity index (χ0) is 15.6. The lowest BCUT2D eigenvalue weighted by Crippen LogP contribution is -2.06. The van der Waals surface area contributed by atoms with E-state index in [2.05, 4.69) is 20.3 Å². The Morgan fingerprint density at radius 1 is 1.22 bits per heavy atom. The first-order chi connectivity index (χ1) is 11.3. The molecule has 116 valence electrons. The summed E-state index contributed by atoms with van der Waals surface area (Å²) in [5.41, 5.74) is 1.02. The van der Waals surface area contributed by atoms with E-state index < -0.39 is 0 Å². The minimum absolute atomic E-state index is 0.791. The Morgan fingerprint density at radius 2 is 2.17 bits per heavy atom. The quantitative estimate of drug-likeness (QED) is 0.595. The van der Waals surface area contributed by atoms with Crippen LogP contribution in [0.1, 0.15) is 5.01 Å². The van der Waals surface area contributed by atoms with Gasteiger partial charge in [-0.15, -0.1) is 22.7 Å². The van der Waals surface area contributed by atoms with Crippen LogP contribution in [0.3, 0.4) is 0 Å². The van der Waals surface area contributed by atoms with Crippen LogP contribution in [0.15, 0.2) is 36.0 Å². The number of anilines is 1. The second-order valence-electron chi connectivity index (χ2n) is 4.98. The first kappa shape index (κ1) is 14.3. The second-order valence-corrected chi connectivity index (χ2v) is 6.99. The van der Waals surface area contributed by atoms with Crippen LogP contribution in [0.5, 0.6) is 5.75 Å². The van der Waals surface area contributed by atoms with Crippen LogP contribution in [0, 0.1) is 0 Å². The van der Waals surface area contributed by atoms with Crippen molar-refractivity contribution in [1.29, 1.82) is 0 Å². The van der Waals surface area contributed by atoms with Crippen molar-refractivity contribution < 1.29 is 4.74 Å². The molecule has 0 aliphatic heterocycles. The molecule has 0 radical (unpaired) electrons. The van der Waals surface area contributed by atoms with Crippen LogP contribution in [-0.2, 0) is 6.42 Å². The van der Waals surface area contributed by atoms with E-state index in [0.29, 0.717) is 0 Å². The Labute approximate surface area is 141 Å². The van der Waals surface area contributed by atoms with Gasteiger partial charge < -0.3 is 10.1 Å². The highest BCUT2D eigenvalue weighted by atomic mass is 32.1. The maximum absolute atomic E-state index is 5.26. The number of ether oxygens (including phenoxy) is 1. The van der Waals surface area contributed by atoms with E-state index in [1.807, 2.05) is 29.6 Å². The van der Waals surface area contributed by atoms with Crippen LogP contribution in [0.25, 0.3) is 20.4 Å². The van der Waals surface area contributed by atoms with E-state index in [1.165, 1.54) is 0 Å². The molecule has 0 spiro atoms. The third-order valence-electron chi connectivity index (χ3n) is 3.53. The molecular weight excluding hydrogens is 328 g/mol. The maximum Gasteiger partial charge on any atom is 0.138 e. The topological polar surface area (TPSA) is 59.9 Å². The summed E-state index contributed by atoms with van der Waals surface area (Å²) in [4.78, 5) is 14.3. The average Bonchev–Trinajstić information content (AvgIpc) is 3.20. The van der Waals surface area contributed by atoms with Gasteiger partial charge in [0, 0.05) is 13.0 Å². The number of benzene rings is 1. The molecule has 23 heavy (non-hydrogen) atoms. The fraction of sp³-hybridized carbons (Fsp3) is 0.188. The van der Waals surface area contributed by atoms with Gasteiger partial charge in [-0.05, 0) is 29.6 Å². The molecular formula is C16H14N4OS2. The normalized spacial score (nSPS) is 11.2. The van der Waals surface area contributed by atoms with Gasteiger partial charge in [0.2, 0.25) is 0 Å². The lowest BCUT2D eigenvalue weighted by atomic mass is 10.3. The zero-order valence-corrected chi connectivity index (χ0v) is 14.1. The summed E-state index contributed by atoms with van der Waals surface area (Å²) in [6, 6.07) is 8.02. The van der Waals surface area contributed by atoms with Crippen LogP contribution >= 0.6 is 22.7 Å². The third kappa shape index (κ3) is 2.85. The van der Waals surface area contributed by atoms with Gasteiger partial charge >= 0.3 is 0 Å². The first-order valence-electron chi connectivity index (χ1n) is 7.19. The monoisotopic (exact) mass is 342 g/mol. The molecule has 4 rings (SSSR count). The minimum Gasteiger partial charge on any atom is -0.497 e. The standard InChI is InChI=1S/C16H14N4OS2/c1-21-10-2-3-12-13(8-10)23-14(20-12)4-6-17-15-11-5-7-22-16(11)19-9-18-15/h2-3,5,7-9H,4,6H2,1H3,(H,17,18,19). The molecule has 0 aliphatic rings. The number of fused-ring (bicyclic) bond motifs is 2. The molecule has 0 aliphatic carbocycles. The largest absolute Gasteiger partial charge is 0.497 e. The van der Waals surface area contributed by atoms with Crippen molar-refractivity contribution in [2.75, 3.05) is 19.0 Å². The van der Waals surface area contributed by atoms with Gasteiger partial charge in [0.25, 0.3) is 0 Å². The number of hydrogen-bond donors (Lipinski definition) is 1. The van der Waals surface area contributed by atoms with E-state index in [-0.39, 0.29) is 0 Å². The molecule has 0 atom stereocenters. The zero-order valence-electron chi connectivity index (χ0n) is 12.4. The number of thiazole rings is 1. The summed E-state index contributed by atoms with van der Waals surface area (Å²) < 4.78 is 6.41. The Kier molecular flexibility index (Phi) is 3.80. The van der Waals surface area contributed by atoms with Crippen molar-refractivity contribution in [2.45, 2.75) is 6.42 Å². The molecule has 0 amide bonds. The van der Waals surface area contributed by atoms with E-state index in [1.54, 1.807) is 36.1 Å². The molecule has 3 heterocycles. The van der Waals surface area contributed by atoms with Crippen molar-refractivity contribution in [3.63, 3.8) is 0 Å². The van der Waals surface area contributed by atoms with Gasteiger partial charge in [0.15, 0.2) is 0 Å². The first-order valence-corrected chi connectivity index (χ1v) is 8.88. The molecule has 0 saturated heterocycles. The van der Waals surface area contributed by atoms with E-state index >= 15 is 0 Å². The smallest absolute Gasteiger partial charge is 0.138 e. The summed E-state index contributed by atoms with van der Waals surface area (Å²) in [6.45, 7) is 0.791. The summed E-state index contributed by atoms with van der Waals surface area (Å²) in [5, 5.41) is 7.60. The summed E-state index contributed by atoms with van der Waals surface area (Å²) in [7, 11) is 1.68. The van der Waals surface area contributed by atoms with Gasteiger partial charge in [0.05, 0.1) is 27.7 Å². The van der Waals surface area contributed by atoms with E-state index in [9.17, 15) is 0 Å². The van der Waals surface area contributed by atoms with Crippen LogP contribution in [0.4, 0.5) is 5.82 Å². The number of rotatable bonds is 5. The van der Waals surface area contributed by atoms with E-state index in [0.717, 1.165) is 50.0 Å². The van der Waals surface area contributed by atoms with Crippen molar-refractivity contribution in [2.24, 2.45) is 0 Å². The Morgan fingerprint density at radius 3 is 3.09 bits per heavy atom. The third-order valence-corrected chi connectivity index (χ3v) is 5.43. The second kappa shape index (κ2) is 6.10. The molecule has 5 nitrogen and oxygen atoms in total. The maximum atomic E-state index is 5.26. The summed E-state index contributed by atoms with van der Waals surface area (Å²) in [5.74, 6) is 1.76. The molecule has 4 aromatic rings. The highest BCUT2D eigenvalue weighted by Crippen LogP contribution is 2.27. The molecule has 1 aromatic carbocycles. The van der Waals surface area contributed by atoms with Gasteiger partial charge in [-0.1, -0.05) is 0 Å². The number of aromatic nitrogens is 3. The van der Waals surface area contributed by atoms with Crippen molar-refractivity contribution in [1.82, 2.24) is 15.0 Å². The van der Waals surface area contributed by atoms with E-state index in [4.69, 9.17) is 4.74 Å². The van der Waals surface area contributed by atoms with Gasteiger partial charge in [-0.25, -0.2) is 15.0 Å². The predicted octanol–water partition coefficient (Wildman–Crippen LogP) is 3.96. The van der Waals surface area contributed by atoms with Crippen molar-refractivity contribution >= 4 is 48.9 Å². The number of thiophene rings is 1. The fourth-order valence-electron chi connectivity index (χ4n) is 2.41. The number of hydrogen-bond acceptors (Lipinski definition) is 7. The van der Waals surface area contributed by atoms with Gasteiger partial charge in [-0.3, -0.25) is 0 Å². The number of methoxy groups -OCH3 is 1. The molecule has 0 fully saturated rings. The average molecular weight is 342 g/mol. The number of nitrogens with one attached hydrogen (secondary N) is 1. The molecule has 7 heteroatoms. The molecule has 0 saturated carbocycles. The van der Waals surface area contributed by atoms with Crippen molar-refractivity contribution in [3.05, 3.63) is 41.0 Å². The Hall–Kier alpha value is -2.25. The Balaban J connectivity index is 1.47. The minimum atomic E-state index is 0.791. The highest BCUT2D eigenvalue weighted by Gasteiger charge is 2.07. The Bertz CT molecular complexity index is 963. The fourth-order valence-corrected chi connectivity index (χ4v) is 4.13. The summed E-state index contributed by atoms with van der Waals surface area (Å²) >= 11 is 3.33. The SMILES string of the molecule is COc1ccc2nc(CCNc3ncnc4sccc34)sc2c1. The van der Waals surface area contributed by atoms with Gasteiger partial charge in [0.1, 0.15) is 22.7 Å². The van der Waals surface area contributed by atoms with Crippen LogP contribution in [-0.4, -0.2) is 28.6 Å². The summed E-state index contributed by atoms with van der Waals surface area (Å²) in [6.07, 6.45) is 2.46. The lowest BCUT2D eigenvalue weighted by molar-refractivity contribution is 0.415. The molecule has 0 unspecified atom stereocenters. The van der Waals surface area contributed by atoms with Crippen LogP contribution in [0.2, 0.25) is 0 Å². The van der Waals surface area contributed by atoms with Gasteiger partial charge in [-0.2, -0.15) is 0 Å². The number of nitrogens with zero attached hydrogens (tertiary/aromatic N) is 3. The molecule has 1 N–H and O–H groups in total. The lowest BCUT2D eigenvalue weighted by Gasteiger charge is -2.04. The van der Waals surface area contributed by atoms with Crippen LogP contribution < -0.4 is 10.1 Å². The predicted molar refractivity (Wildman–Crippen MR) is 95.8 cm³/mol.